The van der Waals surface area contributed by atoms with Crippen molar-refractivity contribution in [3.05, 3.63) is 59.7 Å². The van der Waals surface area contributed by atoms with Crippen molar-refractivity contribution >= 4 is 11.8 Å². The minimum Gasteiger partial charge on any atom is -0.0895 e. The zero-order valence-electron chi connectivity index (χ0n) is 9.05. The van der Waals surface area contributed by atoms with Gasteiger partial charge in [-0.25, -0.2) is 0 Å². The van der Waals surface area contributed by atoms with Crippen LogP contribution >= 0.6 is 11.8 Å². The Morgan fingerprint density at radius 1 is 0.824 bits per heavy atom. The van der Waals surface area contributed by atoms with Crippen molar-refractivity contribution in [2.75, 3.05) is 0 Å². The molecule has 1 aliphatic heterocycles. The fourth-order valence-corrected chi connectivity index (χ4v) is 2.90. The summed E-state index contributed by atoms with van der Waals surface area (Å²) in [4.78, 5) is 2.82. The standard InChI is InChI=1S/C13H10S.2O.Ti/c1-3-7-12-10(5-1)9-11-6-2-4-8-13(11)14-12;;;/h1-8H,9H2;;;. The number of rotatable bonds is 0. The molecule has 2 aromatic carbocycles. The van der Waals surface area contributed by atoms with Gasteiger partial charge in [-0.2, -0.15) is 0 Å². The summed E-state index contributed by atoms with van der Waals surface area (Å²) < 4.78 is 17.0. The summed E-state index contributed by atoms with van der Waals surface area (Å²) in [7, 11) is 0. The molecule has 0 aromatic heterocycles. The van der Waals surface area contributed by atoms with Crippen molar-refractivity contribution in [2.45, 2.75) is 16.2 Å². The molecule has 0 bridgehead atoms. The molecule has 0 radical (unpaired) electrons. The van der Waals surface area contributed by atoms with Crippen LogP contribution in [0, 0.1) is 0 Å². The van der Waals surface area contributed by atoms with E-state index in [4.69, 9.17) is 6.65 Å². The second kappa shape index (κ2) is 6.15. The van der Waals surface area contributed by atoms with Gasteiger partial charge in [0.2, 0.25) is 0 Å². The third-order valence-electron chi connectivity index (χ3n) is 2.55. The van der Waals surface area contributed by atoms with Gasteiger partial charge in [0.05, 0.1) is 0 Å². The van der Waals surface area contributed by atoms with E-state index >= 15 is 0 Å². The quantitative estimate of drug-likeness (QED) is 0.590. The molecule has 1 heterocycles. The predicted octanol–water partition coefficient (Wildman–Crippen LogP) is 3.50. The van der Waals surface area contributed by atoms with Crippen LogP contribution in [0.5, 0.6) is 0 Å². The topological polar surface area (TPSA) is 34.1 Å². The van der Waals surface area contributed by atoms with Gasteiger partial charge in [0.15, 0.2) is 0 Å². The van der Waals surface area contributed by atoms with Gasteiger partial charge in [-0.3, -0.25) is 0 Å². The van der Waals surface area contributed by atoms with E-state index in [1.54, 1.807) is 0 Å². The van der Waals surface area contributed by atoms with Crippen LogP contribution in [0.15, 0.2) is 58.3 Å². The Balaban J connectivity index is 0.000000329. The van der Waals surface area contributed by atoms with E-state index in [1.807, 2.05) is 11.8 Å². The zero-order valence-corrected chi connectivity index (χ0v) is 11.4. The SMILES string of the molecule is [O]=[Ti]=[O].c1ccc2c(c1)Cc1ccccc1S2. The molecular weight excluding hydrogens is 268 g/mol. The van der Waals surface area contributed by atoms with E-state index in [9.17, 15) is 0 Å². The van der Waals surface area contributed by atoms with Crippen LogP contribution in [-0.2, 0) is 32.2 Å². The van der Waals surface area contributed by atoms with E-state index in [1.165, 1.54) is 20.9 Å². The van der Waals surface area contributed by atoms with Crippen LogP contribution in [0.4, 0.5) is 0 Å². The van der Waals surface area contributed by atoms with Crippen LogP contribution in [0.3, 0.4) is 0 Å². The van der Waals surface area contributed by atoms with Gasteiger partial charge < -0.3 is 0 Å². The van der Waals surface area contributed by atoms with Crippen LogP contribution in [0.2, 0.25) is 0 Å². The number of benzene rings is 2. The van der Waals surface area contributed by atoms with Crippen molar-refractivity contribution in [1.82, 2.24) is 0 Å². The van der Waals surface area contributed by atoms with Crippen molar-refractivity contribution in [3.63, 3.8) is 0 Å². The summed E-state index contributed by atoms with van der Waals surface area (Å²) in [6, 6.07) is 17.3. The van der Waals surface area contributed by atoms with Crippen molar-refractivity contribution < 1.29 is 25.7 Å². The average molecular weight is 278 g/mol. The molecule has 0 fully saturated rings. The second-order valence-electron chi connectivity index (χ2n) is 3.58. The summed E-state index contributed by atoms with van der Waals surface area (Å²) in [5, 5.41) is 0. The molecule has 0 unspecified atom stereocenters. The molecule has 17 heavy (non-hydrogen) atoms. The molecule has 0 amide bonds. The molecule has 3 rings (SSSR count). The maximum Gasteiger partial charge on any atom is 0.0157 e. The maximum atomic E-state index is 8.50. The first-order valence-corrected chi connectivity index (χ1v) is 7.27. The van der Waals surface area contributed by atoms with Gasteiger partial charge in [-0.05, 0) is 29.7 Å². The summed E-state index contributed by atoms with van der Waals surface area (Å²) in [5.74, 6) is 0. The predicted molar refractivity (Wildman–Crippen MR) is 61.2 cm³/mol. The fourth-order valence-electron chi connectivity index (χ4n) is 1.82. The minimum atomic E-state index is -2.00. The Hall–Kier alpha value is -0.896. The Morgan fingerprint density at radius 2 is 1.24 bits per heavy atom. The molecule has 0 saturated heterocycles. The second-order valence-corrected chi connectivity index (χ2v) is 4.92. The van der Waals surface area contributed by atoms with E-state index in [0.717, 1.165) is 6.42 Å². The minimum absolute atomic E-state index is 1.08. The Kier molecular flexibility index (Phi) is 4.54. The molecule has 4 heteroatoms. The van der Waals surface area contributed by atoms with Crippen LogP contribution in [0.25, 0.3) is 0 Å². The maximum absolute atomic E-state index is 8.50. The monoisotopic (exact) mass is 278 g/mol. The van der Waals surface area contributed by atoms with E-state index in [2.05, 4.69) is 48.5 Å². The van der Waals surface area contributed by atoms with E-state index in [-0.39, 0.29) is 0 Å². The van der Waals surface area contributed by atoms with Crippen LogP contribution < -0.4 is 0 Å². The van der Waals surface area contributed by atoms with Gasteiger partial charge in [0.1, 0.15) is 0 Å². The first-order chi connectivity index (χ1) is 8.35. The molecular formula is C13H10O2STi. The van der Waals surface area contributed by atoms with Gasteiger partial charge in [-0.1, -0.05) is 48.2 Å². The molecule has 0 aliphatic carbocycles. The summed E-state index contributed by atoms with van der Waals surface area (Å²) >= 11 is -0.118. The van der Waals surface area contributed by atoms with Crippen LogP contribution in [-0.4, -0.2) is 0 Å². The third kappa shape index (κ3) is 3.06. The molecule has 0 spiro atoms. The first-order valence-electron chi connectivity index (χ1n) is 5.18. The van der Waals surface area contributed by atoms with E-state index < -0.39 is 19.1 Å². The van der Waals surface area contributed by atoms with Crippen molar-refractivity contribution in [1.29, 1.82) is 0 Å². The van der Waals surface area contributed by atoms with Crippen molar-refractivity contribution in [2.24, 2.45) is 0 Å². The van der Waals surface area contributed by atoms with Gasteiger partial charge >= 0.3 is 25.7 Å². The molecule has 1 aliphatic rings. The molecule has 84 valence electrons. The Morgan fingerprint density at radius 3 is 1.71 bits per heavy atom. The molecule has 0 N–H and O–H groups in total. The van der Waals surface area contributed by atoms with E-state index in [0.29, 0.717) is 0 Å². The Labute approximate surface area is 113 Å². The zero-order chi connectivity index (χ0) is 12.1. The summed E-state index contributed by atoms with van der Waals surface area (Å²) in [6.07, 6.45) is 1.08. The number of hydrogen-bond acceptors (Lipinski definition) is 3. The summed E-state index contributed by atoms with van der Waals surface area (Å²) in [6.45, 7) is 0. The van der Waals surface area contributed by atoms with Crippen LogP contribution in [0.1, 0.15) is 11.1 Å². The fraction of sp³-hybridized carbons (Fsp3) is 0.0769. The first kappa shape index (κ1) is 12.6. The average Bonchev–Trinajstić information content (AvgIpc) is 2.37. The molecule has 0 saturated carbocycles. The van der Waals surface area contributed by atoms with Gasteiger partial charge in [-0.15, -0.1) is 0 Å². The molecule has 0 atom stereocenters. The van der Waals surface area contributed by atoms with Gasteiger partial charge in [0.25, 0.3) is 0 Å². The number of fused-ring (bicyclic) bond motifs is 2. The summed E-state index contributed by atoms with van der Waals surface area (Å²) in [5.41, 5.74) is 2.91. The molecule has 2 aromatic rings. The van der Waals surface area contributed by atoms with Crippen molar-refractivity contribution in [3.8, 4) is 0 Å². The normalized spacial score (nSPS) is 11.3. The number of hydrogen-bond donors (Lipinski definition) is 0. The smallest absolute Gasteiger partial charge is 0.0157 e. The van der Waals surface area contributed by atoms with Gasteiger partial charge in [0, 0.05) is 9.79 Å². The largest absolute Gasteiger partial charge is 0.0895 e. The molecule has 2 nitrogen and oxygen atoms in total. The third-order valence-corrected chi connectivity index (χ3v) is 3.78. The Bertz CT molecular complexity index is 475.